The summed E-state index contributed by atoms with van der Waals surface area (Å²) in [4.78, 5) is 33.1. The van der Waals surface area contributed by atoms with Crippen LogP contribution in [0.1, 0.15) is 72.6 Å². The van der Waals surface area contributed by atoms with E-state index in [1.165, 1.54) is 16.0 Å². The van der Waals surface area contributed by atoms with Gasteiger partial charge in [-0.3, -0.25) is 9.59 Å². The van der Waals surface area contributed by atoms with Crippen LogP contribution in [-0.2, 0) is 16.6 Å². The average molecular weight is 539 g/mol. The van der Waals surface area contributed by atoms with E-state index >= 15 is 0 Å². The fourth-order valence-corrected chi connectivity index (χ4v) is 6.51. The molecule has 5 heteroatoms. The fraction of sp³-hybridized carbons (Fsp3) is 0.353. The molecule has 0 spiro atoms. The number of hydrogen-bond donors (Lipinski definition) is 0. The number of nitrogens with zero attached hydrogens (tertiary/aromatic N) is 2. The number of thiophene rings is 1. The Morgan fingerprint density at radius 1 is 0.974 bits per heavy atom. The van der Waals surface area contributed by atoms with Crippen molar-refractivity contribution in [2.24, 2.45) is 5.92 Å². The van der Waals surface area contributed by atoms with E-state index in [1.807, 2.05) is 47.4 Å². The highest BCUT2D eigenvalue weighted by Gasteiger charge is 2.34. The number of hydrogen-bond acceptors (Lipinski definition) is 3. The maximum Gasteiger partial charge on any atom is 0.254 e. The van der Waals surface area contributed by atoms with Gasteiger partial charge >= 0.3 is 0 Å². The van der Waals surface area contributed by atoms with Gasteiger partial charge in [0.05, 0.1) is 6.04 Å². The molecule has 0 fully saturated rings. The molecule has 4 nitrogen and oxygen atoms in total. The summed E-state index contributed by atoms with van der Waals surface area (Å²) in [5.41, 5.74) is 4.31. The summed E-state index contributed by atoms with van der Waals surface area (Å²) in [6, 6.07) is 24.5. The van der Waals surface area contributed by atoms with Crippen LogP contribution in [0.4, 0.5) is 0 Å². The Morgan fingerprint density at radius 3 is 2.41 bits per heavy atom. The zero-order valence-electron chi connectivity index (χ0n) is 23.6. The van der Waals surface area contributed by atoms with Gasteiger partial charge in [0, 0.05) is 23.5 Å². The van der Waals surface area contributed by atoms with Gasteiger partial charge in [0.1, 0.15) is 6.54 Å². The van der Waals surface area contributed by atoms with Crippen molar-refractivity contribution in [3.63, 3.8) is 0 Å². The first-order valence-electron chi connectivity index (χ1n) is 13.9. The van der Waals surface area contributed by atoms with E-state index in [4.69, 9.17) is 0 Å². The van der Waals surface area contributed by atoms with Crippen LogP contribution in [0, 0.1) is 5.92 Å². The van der Waals surface area contributed by atoms with Crippen LogP contribution in [0.3, 0.4) is 0 Å². The smallest absolute Gasteiger partial charge is 0.254 e. The highest BCUT2D eigenvalue weighted by molar-refractivity contribution is 7.10. The Balaban J connectivity index is 1.46. The van der Waals surface area contributed by atoms with Crippen LogP contribution in [0.2, 0.25) is 0 Å². The summed E-state index contributed by atoms with van der Waals surface area (Å²) in [6.45, 7) is 12.1. The van der Waals surface area contributed by atoms with Gasteiger partial charge in [-0.2, -0.15) is 0 Å². The van der Waals surface area contributed by atoms with Crippen LogP contribution in [0.5, 0.6) is 0 Å². The molecule has 1 aliphatic heterocycles. The van der Waals surface area contributed by atoms with E-state index in [9.17, 15) is 9.59 Å². The molecule has 3 aromatic carbocycles. The maximum absolute atomic E-state index is 14.1. The highest BCUT2D eigenvalue weighted by atomic mass is 32.1. The summed E-state index contributed by atoms with van der Waals surface area (Å²) in [6.07, 6.45) is 0.844. The van der Waals surface area contributed by atoms with Gasteiger partial charge in [-0.25, -0.2) is 0 Å². The molecule has 2 amide bonds. The minimum Gasteiger partial charge on any atom is -0.330 e. The minimum absolute atomic E-state index is 0.00835. The first-order chi connectivity index (χ1) is 18.6. The van der Waals surface area contributed by atoms with Crippen LogP contribution in [0.25, 0.3) is 10.8 Å². The number of fused-ring (bicyclic) bond motifs is 2. The molecule has 0 N–H and O–H groups in total. The Kier molecular flexibility index (Phi) is 7.64. The number of carbonyl (C=O) groups is 2. The first kappa shape index (κ1) is 27.1. The number of benzene rings is 3. The molecule has 0 saturated heterocycles. The summed E-state index contributed by atoms with van der Waals surface area (Å²) < 4.78 is 0. The Morgan fingerprint density at radius 2 is 1.69 bits per heavy atom. The predicted molar refractivity (Wildman–Crippen MR) is 161 cm³/mol. The van der Waals surface area contributed by atoms with E-state index in [0.29, 0.717) is 18.7 Å². The van der Waals surface area contributed by atoms with Crippen molar-refractivity contribution in [1.82, 2.24) is 9.80 Å². The normalized spacial score (nSPS) is 15.4. The molecule has 39 heavy (non-hydrogen) atoms. The third kappa shape index (κ3) is 5.65. The second kappa shape index (κ2) is 11.0. The zero-order valence-corrected chi connectivity index (χ0v) is 24.4. The molecule has 1 aromatic heterocycles. The lowest BCUT2D eigenvalue weighted by molar-refractivity contribution is -0.134. The largest absolute Gasteiger partial charge is 0.330 e. The van der Waals surface area contributed by atoms with Crippen molar-refractivity contribution in [2.75, 3.05) is 19.6 Å². The zero-order chi connectivity index (χ0) is 27.7. The summed E-state index contributed by atoms with van der Waals surface area (Å²) >= 11 is 1.77. The molecule has 0 radical (unpaired) electrons. The quantitative estimate of drug-likeness (QED) is 0.255. The first-order valence-corrected chi connectivity index (χ1v) is 14.7. The van der Waals surface area contributed by atoms with Crippen molar-refractivity contribution in [3.8, 4) is 0 Å². The third-order valence-electron chi connectivity index (χ3n) is 7.60. The van der Waals surface area contributed by atoms with E-state index < -0.39 is 0 Å². The van der Waals surface area contributed by atoms with Crippen LogP contribution >= 0.6 is 11.3 Å². The van der Waals surface area contributed by atoms with Crippen molar-refractivity contribution in [1.29, 1.82) is 0 Å². The van der Waals surface area contributed by atoms with Crippen LogP contribution in [0.15, 0.2) is 78.2 Å². The number of carbonyl (C=O) groups excluding carboxylic acids is 2. The molecular formula is C34H38N2O2S. The molecule has 0 aliphatic carbocycles. The van der Waals surface area contributed by atoms with Crippen molar-refractivity contribution < 1.29 is 9.59 Å². The average Bonchev–Trinajstić information content (AvgIpc) is 3.40. The number of rotatable bonds is 6. The van der Waals surface area contributed by atoms with Gasteiger partial charge in [0.15, 0.2) is 0 Å². The Labute approximate surface area is 236 Å². The van der Waals surface area contributed by atoms with Gasteiger partial charge in [-0.15, -0.1) is 11.3 Å². The third-order valence-corrected chi connectivity index (χ3v) is 8.59. The SMILES string of the molecule is CC(C)CN(CC(=O)N1CCc2sccc2C1c1ccc(C(C)(C)C)cc1)C(=O)c1cccc2ccccc12. The molecule has 0 bridgehead atoms. The second-order valence-electron chi connectivity index (χ2n) is 12.0. The van der Waals surface area contributed by atoms with Crippen molar-refractivity contribution in [2.45, 2.75) is 52.5 Å². The molecule has 5 rings (SSSR count). The molecule has 1 unspecified atom stereocenters. The Bertz CT molecular complexity index is 1470. The van der Waals surface area contributed by atoms with Gasteiger partial charge in [0.2, 0.25) is 5.91 Å². The van der Waals surface area contributed by atoms with Gasteiger partial charge in [0.25, 0.3) is 5.91 Å². The lowest BCUT2D eigenvalue weighted by Crippen LogP contribution is -2.47. The summed E-state index contributed by atoms with van der Waals surface area (Å²) in [7, 11) is 0. The predicted octanol–water partition coefficient (Wildman–Crippen LogP) is 7.47. The van der Waals surface area contributed by atoms with E-state index in [1.54, 1.807) is 16.2 Å². The molecule has 202 valence electrons. The molecule has 2 heterocycles. The maximum atomic E-state index is 14.1. The molecule has 1 atom stereocenters. The van der Waals surface area contributed by atoms with E-state index in [0.717, 1.165) is 22.8 Å². The van der Waals surface area contributed by atoms with Crippen molar-refractivity contribution >= 4 is 33.9 Å². The van der Waals surface area contributed by atoms with Gasteiger partial charge < -0.3 is 9.80 Å². The molecular weight excluding hydrogens is 500 g/mol. The van der Waals surface area contributed by atoms with Crippen LogP contribution < -0.4 is 0 Å². The van der Waals surface area contributed by atoms with Gasteiger partial charge in [-0.1, -0.05) is 95.3 Å². The summed E-state index contributed by atoms with van der Waals surface area (Å²) in [5.74, 6) is 0.140. The number of amides is 2. The topological polar surface area (TPSA) is 40.6 Å². The highest BCUT2D eigenvalue weighted by Crippen LogP contribution is 2.38. The van der Waals surface area contributed by atoms with E-state index in [-0.39, 0.29) is 35.7 Å². The van der Waals surface area contributed by atoms with Crippen molar-refractivity contribution in [3.05, 3.63) is 105 Å². The standard InChI is InChI=1S/C34H38N2O2S/c1-23(2)21-35(33(38)28-12-8-10-24-9-6-7-11-27(24)28)22-31(37)36-19-17-30-29(18-20-39-30)32(36)25-13-15-26(16-14-25)34(3,4)5/h6-16,18,20,23,32H,17,19,21-22H2,1-5H3. The second-order valence-corrected chi connectivity index (χ2v) is 13.0. The van der Waals surface area contributed by atoms with Crippen LogP contribution in [-0.4, -0.2) is 41.2 Å². The Hall–Kier alpha value is -3.44. The fourth-order valence-electron chi connectivity index (χ4n) is 5.61. The lowest BCUT2D eigenvalue weighted by Gasteiger charge is -2.38. The van der Waals surface area contributed by atoms with Gasteiger partial charge in [-0.05, 0) is 62.7 Å². The monoisotopic (exact) mass is 538 g/mol. The van der Waals surface area contributed by atoms with E-state index in [2.05, 4.69) is 70.3 Å². The lowest BCUT2D eigenvalue weighted by atomic mass is 9.85. The molecule has 4 aromatic rings. The molecule has 1 aliphatic rings. The molecule has 0 saturated carbocycles. The summed E-state index contributed by atoms with van der Waals surface area (Å²) in [5, 5.41) is 4.08. The minimum atomic E-state index is -0.143.